The average molecular weight is 276 g/mol. The van der Waals surface area contributed by atoms with Gasteiger partial charge in [-0.05, 0) is 42.3 Å². The second kappa shape index (κ2) is 5.69. The molecule has 1 atom stereocenters. The molecule has 0 aliphatic rings. The third-order valence-electron chi connectivity index (χ3n) is 3.01. The smallest absolute Gasteiger partial charge is 0.244 e. The summed E-state index contributed by atoms with van der Waals surface area (Å²) >= 11 is 0. The maximum Gasteiger partial charge on any atom is 0.244 e. The SMILES string of the molecule is Cc1ccc(F)cc1C(Nc1ccccc1F)C(N)=O. The Hall–Kier alpha value is -2.43. The quantitative estimate of drug-likeness (QED) is 0.902. The monoisotopic (exact) mass is 276 g/mol. The van der Waals surface area contributed by atoms with Gasteiger partial charge in [-0.25, -0.2) is 8.78 Å². The van der Waals surface area contributed by atoms with Gasteiger partial charge in [-0.3, -0.25) is 4.79 Å². The van der Waals surface area contributed by atoms with E-state index in [1.165, 1.54) is 30.3 Å². The van der Waals surface area contributed by atoms with Gasteiger partial charge >= 0.3 is 0 Å². The maximum absolute atomic E-state index is 13.6. The minimum Gasteiger partial charge on any atom is -0.368 e. The maximum atomic E-state index is 13.6. The molecule has 1 unspecified atom stereocenters. The second-order valence-electron chi connectivity index (χ2n) is 4.46. The fraction of sp³-hybridized carbons (Fsp3) is 0.133. The van der Waals surface area contributed by atoms with Crippen LogP contribution < -0.4 is 11.1 Å². The molecule has 0 aliphatic carbocycles. The van der Waals surface area contributed by atoms with Crippen molar-refractivity contribution in [2.24, 2.45) is 5.73 Å². The molecule has 0 saturated carbocycles. The average Bonchev–Trinajstić information content (AvgIpc) is 2.40. The van der Waals surface area contributed by atoms with Crippen molar-refractivity contribution in [1.29, 1.82) is 0 Å². The van der Waals surface area contributed by atoms with Crippen molar-refractivity contribution in [2.45, 2.75) is 13.0 Å². The van der Waals surface area contributed by atoms with Gasteiger partial charge in [-0.1, -0.05) is 18.2 Å². The fourth-order valence-corrected chi connectivity index (χ4v) is 1.96. The van der Waals surface area contributed by atoms with E-state index in [0.717, 1.165) is 0 Å². The molecule has 0 spiro atoms. The minimum atomic E-state index is -0.998. The summed E-state index contributed by atoms with van der Waals surface area (Å²) in [6, 6.07) is 8.97. The van der Waals surface area contributed by atoms with E-state index in [0.29, 0.717) is 11.1 Å². The number of nitrogens with one attached hydrogen (secondary N) is 1. The number of benzene rings is 2. The van der Waals surface area contributed by atoms with Gasteiger partial charge in [0.15, 0.2) is 0 Å². The van der Waals surface area contributed by atoms with E-state index in [-0.39, 0.29) is 5.69 Å². The zero-order valence-electron chi connectivity index (χ0n) is 10.9. The number of rotatable bonds is 4. The van der Waals surface area contributed by atoms with Crippen molar-refractivity contribution in [3.63, 3.8) is 0 Å². The summed E-state index contributed by atoms with van der Waals surface area (Å²) in [5, 5.41) is 2.71. The van der Waals surface area contributed by atoms with Crippen LogP contribution in [0.4, 0.5) is 14.5 Å². The van der Waals surface area contributed by atoms with Crippen LogP contribution in [0.15, 0.2) is 42.5 Å². The highest BCUT2D eigenvalue weighted by Crippen LogP contribution is 2.24. The lowest BCUT2D eigenvalue weighted by atomic mass is 10.00. The van der Waals surface area contributed by atoms with Crippen molar-refractivity contribution >= 4 is 11.6 Å². The van der Waals surface area contributed by atoms with Crippen LogP contribution in [0.25, 0.3) is 0 Å². The normalized spacial score (nSPS) is 11.9. The number of carbonyl (C=O) groups is 1. The van der Waals surface area contributed by atoms with E-state index in [9.17, 15) is 13.6 Å². The predicted octanol–water partition coefficient (Wildman–Crippen LogP) is 2.91. The summed E-state index contributed by atoms with van der Waals surface area (Å²) in [6.07, 6.45) is 0. The zero-order chi connectivity index (χ0) is 14.7. The van der Waals surface area contributed by atoms with Crippen molar-refractivity contribution in [3.05, 3.63) is 65.2 Å². The van der Waals surface area contributed by atoms with Gasteiger partial charge in [0.25, 0.3) is 0 Å². The number of primary amides is 1. The fourth-order valence-electron chi connectivity index (χ4n) is 1.96. The summed E-state index contributed by atoms with van der Waals surface area (Å²) in [5.74, 6) is -1.69. The van der Waals surface area contributed by atoms with Crippen LogP contribution in [-0.2, 0) is 4.79 Å². The molecule has 2 aromatic carbocycles. The van der Waals surface area contributed by atoms with Crippen LogP contribution >= 0.6 is 0 Å². The highest BCUT2D eigenvalue weighted by Gasteiger charge is 2.21. The number of hydrogen-bond acceptors (Lipinski definition) is 2. The molecule has 0 fully saturated rings. The first-order chi connectivity index (χ1) is 9.49. The van der Waals surface area contributed by atoms with E-state index >= 15 is 0 Å². The zero-order valence-corrected chi connectivity index (χ0v) is 10.9. The van der Waals surface area contributed by atoms with Gasteiger partial charge in [-0.15, -0.1) is 0 Å². The van der Waals surface area contributed by atoms with Crippen LogP contribution in [0.1, 0.15) is 17.2 Å². The highest BCUT2D eigenvalue weighted by molar-refractivity contribution is 5.85. The van der Waals surface area contributed by atoms with Crippen LogP contribution in [0.2, 0.25) is 0 Å². The first-order valence-corrected chi connectivity index (χ1v) is 6.05. The minimum absolute atomic E-state index is 0.139. The number of amides is 1. The van der Waals surface area contributed by atoms with Crippen molar-refractivity contribution in [2.75, 3.05) is 5.32 Å². The summed E-state index contributed by atoms with van der Waals surface area (Å²) in [6.45, 7) is 1.73. The number of anilines is 1. The molecular weight excluding hydrogens is 262 g/mol. The lowest BCUT2D eigenvalue weighted by molar-refractivity contribution is -0.118. The lowest BCUT2D eigenvalue weighted by Crippen LogP contribution is -2.28. The Labute approximate surface area is 115 Å². The number of halogens is 2. The second-order valence-corrected chi connectivity index (χ2v) is 4.46. The molecule has 2 aromatic rings. The van der Waals surface area contributed by atoms with Gasteiger partial charge in [0.05, 0.1) is 5.69 Å². The number of nitrogens with two attached hydrogens (primary N) is 1. The molecule has 104 valence electrons. The third-order valence-corrected chi connectivity index (χ3v) is 3.01. The van der Waals surface area contributed by atoms with E-state index < -0.39 is 23.6 Å². The van der Waals surface area contributed by atoms with Gasteiger partial charge in [-0.2, -0.15) is 0 Å². The van der Waals surface area contributed by atoms with E-state index in [1.54, 1.807) is 19.1 Å². The van der Waals surface area contributed by atoms with Crippen LogP contribution in [-0.4, -0.2) is 5.91 Å². The molecule has 1 amide bonds. The van der Waals surface area contributed by atoms with Gasteiger partial charge in [0, 0.05) is 0 Å². The van der Waals surface area contributed by atoms with Crippen LogP contribution in [0, 0.1) is 18.6 Å². The largest absolute Gasteiger partial charge is 0.368 e. The predicted molar refractivity (Wildman–Crippen MR) is 73.1 cm³/mol. The van der Waals surface area contributed by atoms with Crippen molar-refractivity contribution in [3.8, 4) is 0 Å². The third kappa shape index (κ3) is 2.93. The summed E-state index contributed by atoms with van der Waals surface area (Å²) < 4.78 is 27.0. The van der Waals surface area contributed by atoms with Crippen LogP contribution in [0.5, 0.6) is 0 Å². The Kier molecular flexibility index (Phi) is 3.98. The Morgan fingerprint density at radius 1 is 1.20 bits per heavy atom. The lowest BCUT2D eigenvalue weighted by Gasteiger charge is -2.19. The number of aryl methyl sites for hydroxylation is 1. The summed E-state index contributed by atoms with van der Waals surface area (Å²) in [5.41, 5.74) is 6.56. The number of carbonyl (C=O) groups excluding carboxylic acids is 1. The highest BCUT2D eigenvalue weighted by atomic mass is 19.1. The Bertz CT molecular complexity index is 644. The summed E-state index contributed by atoms with van der Waals surface area (Å²) in [4.78, 5) is 11.6. The van der Waals surface area contributed by atoms with Crippen molar-refractivity contribution in [1.82, 2.24) is 0 Å². The first kappa shape index (κ1) is 14.0. The molecule has 0 bridgehead atoms. The Morgan fingerprint density at radius 3 is 2.55 bits per heavy atom. The Morgan fingerprint density at radius 2 is 1.90 bits per heavy atom. The Balaban J connectivity index is 2.40. The van der Waals surface area contributed by atoms with Gasteiger partial charge in [0.1, 0.15) is 17.7 Å². The molecule has 5 heteroatoms. The number of para-hydroxylation sites is 1. The molecule has 20 heavy (non-hydrogen) atoms. The van der Waals surface area contributed by atoms with Gasteiger partial charge < -0.3 is 11.1 Å². The number of hydrogen-bond donors (Lipinski definition) is 2. The molecule has 0 saturated heterocycles. The molecule has 2 rings (SSSR count). The standard InChI is InChI=1S/C15H14F2N2O/c1-9-6-7-10(16)8-11(9)14(15(18)20)19-13-5-3-2-4-12(13)17/h2-8,14,19H,1H3,(H2,18,20). The van der Waals surface area contributed by atoms with Crippen LogP contribution in [0.3, 0.4) is 0 Å². The van der Waals surface area contributed by atoms with E-state index in [4.69, 9.17) is 5.73 Å². The molecule has 0 heterocycles. The van der Waals surface area contributed by atoms with Gasteiger partial charge in [0.2, 0.25) is 5.91 Å². The topological polar surface area (TPSA) is 55.1 Å². The molecular formula is C15H14F2N2O. The molecule has 3 N–H and O–H groups in total. The van der Waals surface area contributed by atoms with Crippen molar-refractivity contribution < 1.29 is 13.6 Å². The molecule has 0 aromatic heterocycles. The summed E-state index contributed by atoms with van der Waals surface area (Å²) in [7, 11) is 0. The molecule has 0 radical (unpaired) electrons. The molecule has 3 nitrogen and oxygen atoms in total. The van der Waals surface area contributed by atoms with E-state index in [1.807, 2.05) is 0 Å². The molecule has 0 aliphatic heterocycles. The first-order valence-electron chi connectivity index (χ1n) is 6.05. The van der Waals surface area contributed by atoms with E-state index in [2.05, 4.69) is 5.32 Å².